The monoisotopic (exact) mass is 364 g/mol. The van der Waals surface area contributed by atoms with Gasteiger partial charge >= 0.3 is 11.9 Å². The van der Waals surface area contributed by atoms with Crippen molar-refractivity contribution in [3.8, 4) is 5.75 Å². The minimum absolute atomic E-state index is 0.227. The van der Waals surface area contributed by atoms with Crippen LogP contribution in [0.4, 0.5) is 0 Å². The smallest absolute Gasteiger partial charge is 0.303 e. The average molecular weight is 364 g/mol. The number of benzene rings is 1. The molecule has 26 heavy (non-hydrogen) atoms. The van der Waals surface area contributed by atoms with E-state index in [0.29, 0.717) is 19.4 Å². The van der Waals surface area contributed by atoms with Gasteiger partial charge in [-0.15, -0.1) is 0 Å². The van der Waals surface area contributed by atoms with Crippen LogP contribution >= 0.6 is 0 Å². The zero-order chi connectivity index (χ0) is 19.2. The molecule has 5 nitrogen and oxygen atoms in total. The quantitative estimate of drug-likeness (QED) is 0.435. The van der Waals surface area contributed by atoms with Gasteiger partial charge in [-0.25, -0.2) is 0 Å². The number of unbranched alkanes of at least 4 members (excludes halogenated alkanes) is 4. The van der Waals surface area contributed by atoms with E-state index in [9.17, 15) is 9.59 Å². The first-order valence-electron chi connectivity index (χ1n) is 9.71. The number of rotatable bonds is 15. The second-order valence-electron chi connectivity index (χ2n) is 6.65. The van der Waals surface area contributed by atoms with Crippen molar-refractivity contribution in [3.63, 3.8) is 0 Å². The van der Waals surface area contributed by atoms with Gasteiger partial charge in [-0.1, -0.05) is 31.9 Å². The van der Waals surface area contributed by atoms with E-state index in [0.717, 1.165) is 50.7 Å². The molecule has 0 saturated carbocycles. The Bertz CT molecular complexity index is 553. The number of aliphatic carboxylic acids is 2. The van der Waals surface area contributed by atoms with Crippen LogP contribution < -0.4 is 4.74 Å². The fourth-order valence-corrected chi connectivity index (χ4v) is 3.00. The summed E-state index contributed by atoms with van der Waals surface area (Å²) in [5, 5.41) is 17.4. The number of carbonyl (C=O) groups is 2. The Morgan fingerprint density at radius 2 is 1.50 bits per heavy atom. The van der Waals surface area contributed by atoms with Crippen molar-refractivity contribution >= 4 is 11.9 Å². The highest BCUT2D eigenvalue weighted by atomic mass is 16.5. The van der Waals surface area contributed by atoms with Gasteiger partial charge in [0.05, 0.1) is 6.61 Å². The van der Waals surface area contributed by atoms with Crippen LogP contribution in [0, 0.1) is 0 Å². The number of ether oxygens (including phenoxy) is 1. The van der Waals surface area contributed by atoms with Gasteiger partial charge in [-0.05, 0) is 62.1 Å². The zero-order valence-electron chi connectivity index (χ0n) is 15.8. The summed E-state index contributed by atoms with van der Waals surface area (Å²) >= 11 is 0. The van der Waals surface area contributed by atoms with Crippen LogP contribution in [-0.4, -0.2) is 28.8 Å². The Balaban J connectivity index is 2.61. The standard InChI is InChI=1S/C21H32O5/c1-2-16-26-19-13-9-11-17(10-5-3-7-14-20(22)23)18(19)12-6-4-8-15-21(24)25/h9,11,13H,2-8,10,12,14-16H2,1H3,(H,22,23)(H,24,25). The third-order valence-corrected chi connectivity index (χ3v) is 4.35. The van der Waals surface area contributed by atoms with Crippen molar-refractivity contribution in [2.75, 3.05) is 6.61 Å². The van der Waals surface area contributed by atoms with E-state index in [1.165, 1.54) is 11.1 Å². The Labute approximate surface area is 156 Å². The van der Waals surface area contributed by atoms with Gasteiger partial charge in [0.15, 0.2) is 0 Å². The van der Waals surface area contributed by atoms with E-state index in [1.807, 2.05) is 12.1 Å². The molecule has 1 aromatic carbocycles. The average Bonchev–Trinajstić information content (AvgIpc) is 2.60. The summed E-state index contributed by atoms with van der Waals surface area (Å²) in [6, 6.07) is 6.16. The Morgan fingerprint density at radius 1 is 0.885 bits per heavy atom. The van der Waals surface area contributed by atoms with Crippen molar-refractivity contribution in [2.24, 2.45) is 0 Å². The molecule has 0 saturated heterocycles. The second kappa shape index (κ2) is 13.2. The molecular weight excluding hydrogens is 332 g/mol. The molecule has 5 heteroatoms. The van der Waals surface area contributed by atoms with E-state index < -0.39 is 11.9 Å². The van der Waals surface area contributed by atoms with Crippen LogP contribution in [0.5, 0.6) is 5.75 Å². The lowest BCUT2D eigenvalue weighted by molar-refractivity contribution is -0.138. The Morgan fingerprint density at radius 3 is 2.08 bits per heavy atom. The number of hydrogen-bond donors (Lipinski definition) is 2. The summed E-state index contributed by atoms with van der Waals surface area (Å²) in [5.41, 5.74) is 2.50. The molecule has 0 aliphatic carbocycles. The lowest BCUT2D eigenvalue weighted by Gasteiger charge is -2.16. The molecule has 1 rings (SSSR count). The SMILES string of the molecule is CCCOc1cccc(CCCCCC(=O)O)c1CCCCCC(=O)O. The molecule has 0 amide bonds. The first kappa shape index (κ1) is 22.0. The van der Waals surface area contributed by atoms with Gasteiger partial charge in [0.1, 0.15) is 5.75 Å². The molecule has 2 N–H and O–H groups in total. The number of hydrogen-bond acceptors (Lipinski definition) is 3. The minimum Gasteiger partial charge on any atom is -0.493 e. The van der Waals surface area contributed by atoms with Crippen molar-refractivity contribution in [2.45, 2.75) is 77.6 Å². The summed E-state index contributed by atoms with van der Waals surface area (Å²) in [6.07, 6.45) is 8.37. The lowest BCUT2D eigenvalue weighted by Crippen LogP contribution is -2.03. The maximum absolute atomic E-state index is 10.6. The second-order valence-corrected chi connectivity index (χ2v) is 6.65. The van der Waals surface area contributed by atoms with Gasteiger partial charge in [0.2, 0.25) is 0 Å². The molecular formula is C21H32O5. The van der Waals surface area contributed by atoms with Crippen LogP contribution in [0.25, 0.3) is 0 Å². The van der Waals surface area contributed by atoms with E-state index in [4.69, 9.17) is 14.9 Å². The van der Waals surface area contributed by atoms with Crippen LogP contribution in [0.1, 0.15) is 75.8 Å². The number of aryl methyl sites for hydroxylation is 1. The van der Waals surface area contributed by atoms with Crippen molar-refractivity contribution in [1.82, 2.24) is 0 Å². The highest BCUT2D eigenvalue weighted by molar-refractivity contribution is 5.66. The van der Waals surface area contributed by atoms with Crippen LogP contribution in [0.2, 0.25) is 0 Å². The summed E-state index contributed by atoms with van der Waals surface area (Å²) in [4.78, 5) is 21.2. The number of carboxylic acid groups (broad SMARTS) is 2. The first-order valence-corrected chi connectivity index (χ1v) is 9.71. The maximum atomic E-state index is 10.6. The molecule has 0 spiro atoms. The van der Waals surface area contributed by atoms with Gasteiger partial charge in [-0.2, -0.15) is 0 Å². The zero-order valence-corrected chi connectivity index (χ0v) is 15.8. The van der Waals surface area contributed by atoms with Crippen molar-refractivity contribution in [3.05, 3.63) is 29.3 Å². The Hall–Kier alpha value is -2.04. The summed E-state index contributed by atoms with van der Waals surface area (Å²) < 4.78 is 5.91. The molecule has 0 atom stereocenters. The molecule has 146 valence electrons. The molecule has 0 aliphatic rings. The fourth-order valence-electron chi connectivity index (χ4n) is 3.00. The molecule has 0 aliphatic heterocycles. The third-order valence-electron chi connectivity index (χ3n) is 4.35. The van der Waals surface area contributed by atoms with Gasteiger partial charge in [0.25, 0.3) is 0 Å². The van der Waals surface area contributed by atoms with Gasteiger partial charge in [0, 0.05) is 12.8 Å². The van der Waals surface area contributed by atoms with E-state index in [2.05, 4.69) is 13.0 Å². The third kappa shape index (κ3) is 9.44. The van der Waals surface area contributed by atoms with Gasteiger partial charge < -0.3 is 14.9 Å². The maximum Gasteiger partial charge on any atom is 0.303 e. The molecule has 0 aromatic heterocycles. The minimum atomic E-state index is -0.737. The summed E-state index contributed by atoms with van der Waals surface area (Å²) in [6.45, 7) is 2.77. The van der Waals surface area contributed by atoms with E-state index in [1.54, 1.807) is 0 Å². The summed E-state index contributed by atoms with van der Waals surface area (Å²) in [5.74, 6) is -0.533. The van der Waals surface area contributed by atoms with Crippen molar-refractivity contribution < 1.29 is 24.5 Å². The van der Waals surface area contributed by atoms with Crippen molar-refractivity contribution in [1.29, 1.82) is 0 Å². The largest absolute Gasteiger partial charge is 0.493 e. The lowest BCUT2D eigenvalue weighted by atomic mass is 9.95. The highest BCUT2D eigenvalue weighted by Crippen LogP contribution is 2.27. The fraction of sp³-hybridized carbons (Fsp3) is 0.619. The van der Waals surface area contributed by atoms with Crippen LogP contribution in [-0.2, 0) is 22.4 Å². The summed E-state index contributed by atoms with van der Waals surface area (Å²) in [7, 11) is 0. The van der Waals surface area contributed by atoms with E-state index >= 15 is 0 Å². The first-order chi connectivity index (χ1) is 12.5. The van der Waals surface area contributed by atoms with E-state index in [-0.39, 0.29) is 12.8 Å². The van der Waals surface area contributed by atoms with Crippen LogP contribution in [0.3, 0.4) is 0 Å². The van der Waals surface area contributed by atoms with Crippen LogP contribution in [0.15, 0.2) is 18.2 Å². The molecule has 0 heterocycles. The molecule has 0 fully saturated rings. The molecule has 0 bridgehead atoms. The normalized spacial score (nSPS) is 10.7. The predicted molar refractivity (Wildman–Crippen MR) is 102 cm³/mol. The topological polar surface area (TPSA) is 83.8 Å². The predicted octanol–water partition coefficient (Wildman–Crippen LogP) is 4.85. The Kier molecular flexibility index (Phi) is 11.2. The highest BCUT2D eigenvalue weighted by Gasteiger charge is 2.10. The van der Waals surface area contributed by atoms with Gasteiger partial charge in [-0.3, -0.25) is 9.59 Å². The molecule has 1 aromatic rings. The number of carboxylic acids is 2. The molecule has 0 unspecified atom stereocenters. The molecule has 0 radical (unpaired) electrons.